The van der Waals surface area contributed by atoms with Gasteiger partial charge in [-0.15, -0.1) is 0 Å². The lowest BCUT2D eigenvalue weighted by Crippen LogP contribution is -2.30. The van der Waals surface area contributed by atoms with E-state index in [1.807, 2.05) is 30.3 Å². The van der Waals surface area contributed by atoms with Crippen molar-refractivity contribution in [1.29, 1.82) is 0 Å². The molecule has 4 aromatic rings. The van der Waals surface area contributed by atoms with Gasteiger partial charge in [0.1, 0.15) is 29.4 Å². The number of amides is 2. The number of para-hydroxylation sites is 1. The zero-order valence-corrected chi connectivity index (χ0v) is 19.8. The molecule has 1 aromatic heterocycles. The topological polar surface area (TPSA) is 110 Å². The smallest absolute Gasteiger partial charge is 0.339 e. The Bertz CT molecular complexity index is 1440. The van der Waals surface area contributed by atoms with Crippen molar-refractivity contribution in [2.75, 3.05) is 5.32 Å². The molecule has 5 rings (SSSR count). The number of nitrogens with zero attached hydrogens (tertiary/aromatic N) is 1. The second-order valence-corrected chi connectivity index (χ2v) is 8.75. The summed E-state index contributed by atoms with van der Waals surface area (Å²) in [6.07, 6.45) is 3.45. The van der Waals surface area contributed by atoms with Gasteiger partial charge in [0.25, 0.3) is 0 Å². The van der Waals surface area contributed by atoms with Gasteiger partial charge in [0.05, 0.1) is 10.5 Å². The van der Waals surface area contributed by atoms with Crippen LogP contribution in [0, 0.1) is 0 Å². The summed E-state index contributed by atoms with van der Waals surface area (Å²) in [5.41, 5.74) is 1.68. The molecule has 3 aromatic carbocycles. The van der Waals surface area contributed by atoms with Crippen LogP contribution in [0.3, 0.4) is 0 Å². The van der Waals surface area contributed by atoms with E-state index in [0.717, 1.165) is 18.4 Å². The van der Waals surface area contributed by atoms with Crippen LogP contribution in [0.4, 0.5) is 10.5 Å². The van der Waals surface area contributed by atoms with Crippen LogP contribution >= 0.6 is 11.6 Å². The van der Waals surface area contributed by atoms with Gasteiger partial charge in [-0.2, -0.15) is 0 Å². The molecule has 2 amide bonds. The molecule has 0 unspecified atom stereocenters. The number of carboxylic acids is 1. The zero-order valence-electron chi connectivity index (χ0n) is 19.0. The molecule has 182 valence electrons. The third-order valence-corrected chi connectivity index (χ3v) is 5.93. The van der Waals surface area contributed by atoms with Crippen LogP contribution in [-0.4, -0.2) is 28.1 Å². The Kier molecular flexibility index (Phi) is 6.60. The number of nitrogens with one attached hydrogen (secondary N) is 2. The van der Waals surface area contributed by atoms with E-state index in [2.05, 4.69) is 15.6 Å². The Morgan fingerprint density at radius 2 is 1.81 bits per heavy atom. The number of anilines is 1. The molecule has 0 saturated heterocycles. The number of urea groups is 1. The Balaban J connectivity index is 1.46. The van der Waals surface area contributed by atoms with E-state index < -0.39 is 5.97 Å². The summed E-state index contributed by atoms with van der Waals surface area (Å²) in [6, 6.07) is 18.9. The molecule has 3 N–H and O–H groups in total. The quantitative estimate of drug-likeness (QED) is 0.262. The molecule has 0 spiro atoms. The van der Waals surface area contributed by atoms with E-state index in [1.54, 1.807) is 36.5 Å². The van der Waals surface area contributed by atoms with Crippen LogP contribution in [0.25, 0.3) is 10.9 Å². The largest absolute Gasteiger partial charge is 0.488 e. The van der Waals surface area contributed by atoms with Crippen molar-refractivity contribution in [1.82, 2.24) is 10.3 Å². The number of aromatic nitrogens is 1. The Hall–Kier alpha value is -4.30. The van der Waals surface area contributed by atoms with E-state index in [9.17, 15) is 14.7 Å². The molecule has 36 heavy (non-hydrogen) atoms. The lowest BCUT2D eigenvalue weighted by Gasteiger charge is -2.16. The number of hydrogen-bond donors (Lipinski definition) is 3. The number of halogens is 1. The Morgan fingerprint density at radius 1 is 1.00 bits per heavy atom. The monoisotopic (exact) mass is 503 g/mol. The Morgan fingerprint density at radius 3 is 2.56 bits per heavy atom. The van der Waals surface area contributed by atoms with Crippen molar-refractivity contribution in [3.8, 4) is 17.2 Å². The second-order valence-electron chi connectivity index (χ2n) is 8.34. The summed E-state index contributed by atoms with van der Waals surface area (Å²) < 4.78 is 12.0. The molecular weight excluding hydrogens is 482 g/mol. The van der Waals surface area contributed by atoms with Crippen molar-refractivity contribution in [2.24, 2.45) is 0 Å². The maximum atomic E-state index is 12.3. The lowest BCUT2D eigenvalue weighted by molar-refractivity contribution is 0.0692. The molecule has 0 bridgehead atoms. The number of ether oxygens (including phenoxy) is 2. The molecule has 1 aliphatic rings. The van der Waals surface area contributed by atoms with Crippen molar-refractivity contribution in [3.05, 3.63) is 89.1 Å². The van der Waals surface area contributed by atoms with Crippen LogP contribution in [0.15, 0.2) is 72.9 Å². The maximum Gasteiger partial charge on any atom is 0.339 e. The van der Waals surface area contributed by atoms with Crippen molar-refractivity contribution in [3.63, 3.8) is 0 Å². The molecule has 9 heteroatoms. The molecule has 0 radical (unpaired) electrons. The number of benzene rings is 3. The summed E-state index contributed by atoms with van der Waals surface area (Å²) in [5.74, 6) is -0.283. The number of rotatable bonds is 8. The molecule has 1 saturated carbocycles. The summed E-state index contributed by atoms with van der Waals surface area (Å²) in [4.78, 5) is 28.7. The van der Waals surface area contributed by atoms with Crippen molar-refractivity contribution in [2.45, 2.75) is 25.5 Å². The average Bonchev–Trinajstić information content (AvgIpc) is 3.69. The molecule has 0 atom stereocenters. The molecule has 1 heterocycles. The normalized spacial score (nSPS) is 12.7. The summed E-state index contributed by atoms with van der Waals surface area (Å²) >= 11 is 6.35. The van der Waals surface area contributed by atoms with E-state index >= 15 is 0 Å². The van der Waals surface area contributed by atoms with Gasteiger partial charge in [0.2, 0.25) is 0 Å². The van der Waals surface area contributed by atoms with Gasteiger partial charge in [-0.05, 0) is 42.7 Å². The number of fused-ring (bicyclic) bond motifs is 1. The van der Waals surface area contributed by atoms with Crippen LogP contribution < -0.4 is 20.1 Å². The summed E-state index contributed by atoms with van der Waals surface area (Å²) in [6.45, 7) is 0.212. The van der Waals surface area contributed by atoms with Gasteiger partial charge >= 0.3 is 12.0 Å². The van der Waals surface area contributed by atoms with Gasteiger partial charge < -0.3 is 25.2 Å². The highest BCUT2D eigenvalue weighted by Crippen LogP contribution is 2.39. The minimum atomic E-state index is -1.14. The van der Waals surface area contributed by atoms with Crippen molar-refractivity contribution < 1.29 is 24.2 Å². The number of hydrogen-bond acceptors (Lipinski definition) is 5. The van der Waals surface area contributed by atoms with Gasteiger partial charge in [0.15, 0.2) is 5.75 Å². The minimum Gasteiger partial charge on any atom is -0.488 e. The van der Waals surface area contributed by atoms with Crippen LogP contribution in [0.1, 0.15) is 28.8 Å². The van der Waals surface area contributed by atoms with E-state index in [-0.39, 0.29) is 30.0 Å². The first-order chi connectivity index (χ1) is 17.5. The third kappa shape index (κ3) is 5.34. The van der Waals surface area contributed by atoms with Gasteiger partial charge in [-0.1, -0.05) is 48.0 Å². The van der Waals surface area contributed by atoms with Gasteiger partial charge in [0, 0.05) is 23.7 Å². The highest BCUT2D eigenvalue weighted by Gasteiger charge is 2.24. The molecule has 1 aliphatic carbocycles. The van der Waals surface area contributed by atoms with Crippen LogP contribution in [0.2, 0.25) is 5.02 Å². The fourth-order valence-electron chi connectivity index (χ4n) is 3.65. The number of aromatic carboxylic acids is 1. The number of carbonyl (C=O) groups excluding carboxylic acids is 1. The average molecular weight is 504 g/mol. The number of carbonyl (C=O) groups is 2. The standard InChI is InChI=1S/C27H22ClN3O5/c28-20-7-4-8-23(25(20)31-27(34)30-17-9-10-17)36-22-11-12-29-21-14-24(19(26(32)33)13-18(21)22)35-15-16-5-2-1-3-6-16/h1-8,11-14,17H,9-10,15H2,(H,32,33)(H2,30,31,34). The summed E-state index contributed by atoms with van der Waals surface area (Å²) in [5, 5.41) is 16.2. The molecule has 0 aliphatic heterocycles. The first-order valence-electron chi connectivity index (χ1n) is 11.3. The fraction of sp³-hybridized carbons (Fsp3) is 0.148. The highest BCUT2D eigenvalue weighted by atomic mass is 35.5. The molecular formula is C27H22ClN3O5. The van der Waals surface area contributed by atoms with Crippen LogP contribution in [-0.2, 0) is 6.61 Å². The molecule has 1 fully saturated rings. The zero-order chi connectivity index (χ0) is 25.1. The number of pyridine rings is 1. The highest BCUT2D eigenvalue weighted by molar-refractivity contribution is 6.34. The minimum absolute atomic E-state index is 0.0236. The first-order valence-corrected chi connectivity index (χ1v) is 11.7. The van der Waals surface area contributed by atoms with Gasteiger partial charge in [-0.3, -0.25) is 4.98 Å². The fourth-order valence-corrected chi connectivity index (χ4v) is 3.86. The summed E-state index contributed by atoms with van der Waals surface area (Å²) in [7, 11) is 0. The first kappa shape index (κ1) is 23.4. The predicted molar refractivity (Wildman–Crippen MR) is 136 cm³/mol. The van der Waals surface area contributed by atoms with E-state index in [1.165, 1.54) is 6.07 Å². The molecule has 8 nitrogen and oxygen atoms in total. The Labute approximate surface area is 211 Å². The predicted octanol–water partition coefficient (Wildman–Crippen LogP) is 6.24. The number of carboxylic acid groups (broad SMARTS) is 1. The SMILES string of the molecule is O=C(Nc1c(Cl)cccc1Oc1ccnc2cc(OCc3ccccc3)c(C(=O)O)cc12)NC1CC1. The second kappa shape index (κ2) is 10.1. The lowest BCUT2D eigenvalue weighted by atomic mass is 10.1. The van der Waals surface area contributed by atoms with E-state index in [0.29, 0.717) is 33.1 Å². The van der Waals surface area contributed by atoms with E-state index in [4.69, 9.17) is 21.1 Å². The van der Waals surface area contributed by atoms with Crippen molar-refractivity contribution >= 4 is 40.2 Å². The maximum absolute atomic E-state index is 12.3. The van der Waals surface area contributed by atoms with Gasteiger partial charge in [-0.25, -0.2) is 9.59 Å². The van der Waals surface area contributed by atoms with Crippen LogP contribution in [0.5, 0.6) is 17.2 Å². The third-order valence-electron chi connectivity index (χ3n) is 5.62.